The number of alkyl halides is 3. The van der Waals surface area contributed by atoms with Gasteiger partial charge in [0, 0.05) is 31.1 Å². The van der Waals surface area contributed by atoms with E-state index in [-0.39, 0.29) is 21.2 Å². The van der Waals surface area contributed by atoms with Gasteiger partial charge in [-0.3, -0.25) is 0 Å². The first-order valence-electron chi connectivity index (χ1n) is 8.58. The summed E-state index contributed by atoms with van der Waals surface area (Å²) in [5.74, 6) is -4.77. The molecule has 3 rings (SSSR count). The molecule has 0 saturated carbocycles. The number of halogens is 5. The molecule has 0 amide bonds. The summed E-state index contributed by atoms with van der Waals surface area (Å²) in [5, 5.41) is 3.98. The van der Waals surface area contributed by atoms with Crippen molar-refractivity contribution in [1.29, 1.82) is 0 Å². The van der Waals surface area contributed by atoms with E-state index in [2.05, 4.69) is 15.1 Å². The second-order valence-corrected chi connectivity index (χ2v) is 9.29. The molecule has 15 heteroatoms. The largest absolute Gasteiger partial charge is 0.493 e. The maximum absolute atomic E-state index is 14.9. The van der Waals surface area contributed by atoms with Gasteiger partial charge in [0.25, 0.3) is 10.0 Å². The zero-order chi connectivity index (χ0) is 23.0. The number of sulfonamides is 1. The molecule has 170 valence electrons. The van der Waals surface area contributed by atoms with Crippen molar-refractivity contribution in [3.8, 4) is 0 Å². The van der Waals surface area contributed by atoms with Gasteiger partial charge in [0.15, 0.2) is 5.82 Å². The number of thiazole rings is 1. The summed E-state index contributed by atoms with van der Waals surface area (Å²) in [6.07, 6.45) is -4.75. The minimum atomic E-state index is -5.50. The van der Waals surface area contributed by atoms with Crippen molar-refractivity contribution in [1.82, 2.24) is 10.3 Å². The highest BCUT2D eigenvalue weighted by atomic mass is 35.5. The summed E-state index contributed by atoms with van der Waals surface area (Å²) in [5.41, 5.74) is 1.29. The molecule has 0 unspecified atom stereocenters. The van der Waals surface area contributed by atoms with Crippen LogP contribution < -0.4 is 14.7 Å². The Labute approximate surface area is 183 Å². The van der Waals surface area contributed by atoms with Gasteiger partial charge in [0.1, 0.15) is 10.7 Å². The van der Waals surface area contributed by atoms with Crippen LogP contribution in [0.4, 0.5) is 29.1 Å². The van der Waals surface area contributed by atoms with E-state index < -0.39 is 38.7 Å². The van der Waals surface area contributed by atoms with Crippen LogP contribution in [-0.2, 0) is 19.7 Å². The second kappa shape index (κ2) is 8.76. The van der Waals surface area contributed by atoms with Crippen LogP contribution in [-0.4, -0.2) is 51.7 Å². The van der Waals surface area contributed by atoms with Crippen LogP contribution in [0.1, 0.15) is 6.42 Å². The molecule has 2 heterocycles. The molecule has 1 saturated heterocycles. The van der Waals surface area contributed by atoms with Gasteiger partial charge in [0.2, 0.25) is 0 Å². The fourth-order valence-electron chi connectivity index (χ4n) is 2.88. The van der Waals surface area contributed by atoms with Crippen LogP contribution >= 0.6 is 22.9 Å². The number of carbonyl (C=O) groups excluding carboxylic acids is 1. The normalized spacial score (nSPS) is 16.9. The topological polar surface area (TPSA) is 91.8 Å². The third-order valence-electron chi connectivity index (χ3n) is 4.46. The predicted octanol–water partition coefficient (Wildman–Crippen LogP) is 2.95. The van der Waals surface area contributed by atoms with Crippen molar-refractivity contribution >= 4 is 50.4 Å². The van der Waals surface area contributed by atoms with E-state index >= 15 is 0 Å². The van der Waals surface area contributed by atoms with Crippen molar-refractivity contribution < 1.29 is 35.6 Å². The molecule has 2 aromatic rings. The summed E-state index contributed by atoms with van der Waals surface area (Å²) in [7, 11) is -3.50. The van der Waals surface area contributed by atoms with E-state index in [1.165, 1.54) is 0 Å². The number of anilines is 2. The summed E-state index contributed by atoms with van der Waals surface area (Å²) in [6.45, 7) is 1.36. The van der Waals surface area contributed by atoms with Crippen LogP contribution in [0.15, 0.2) is 27.9 Å². The molecule has 0 spiro atoms. The molecule has 0 aliphatic carbocycles. The van der Waals surface area contributed by atoms with Crippen molar-refractivity contribution in [3.05, 3.63) is 33.9 Å². The molecule has 31 heavy (non-hydrogen) atoms. The number of rotatable bonds is 6. The molecule has 1 atom stereocenters. The highest BCUT2D eigenvalue weighted by molar-refractivity contribution is 7.92. The Balaban J connectivity index is 2.01. The molecule has 1 aliphatic rings. The molecule has 0 radical (unpaired) electrons. The number of likely N-dealkylation sites (N-methyl/N-ethyl adjacent to an activating group) is 1. The standard InChI is InChI=1S/C16H15ClF4N4O4S2/c1-24(9-2-3-22-6-9)12-5-11(18)13(4-10(12)17)31(27,28)25(14-7-30-8-23-14)29-15(26)16(19,20)21/h4-5,7-9,22H,2-3,6H2,1H3/t9-/m0/s1. The average molecular weight is 503 g/mol. The van der Waals surface area contributed by atoms with Gasteiger partial charge >= 0.3 is 12.1 Å². The van der Waals surface area contributed by atoms with Crippen LogP contribution in [0.3, 0.4) is 0 Å². The lowest BCUT2D eigenvalue weighted by molar-refractivity contribution is -0.199. The van der Waals surface area contributed by atoms with Crippen molar-refractivity contribution in [3.63, 3.8) is 0 Å². The lowest BCUT2D eigenvalue weighted by atomic mass is 10.2. The van der Waals surface area contributed by atoms with Gasteiger partial charge < -0.3 is 15.1 Å². The SMILES string of the molecule is CN(c1cc(F)c(S(=O)(=O)N(OC(=O)C(F)(F)F)c2cscn2)cc1Cl)[C@H]1CCNC1. The van der Waals surface area contributed by atoms with E-state index in [9.17, 15) is 30.8 Å². The second-order valence-electron chi connectivity index (χ2n) is 6.45. The van der Waals surface area contributed by atoms with Crippen LogP contribution in [0.25, 0.3) is 0 Å². The summed E-state index contributed by atoms with van der Waals surface area (Å²) < 4.78 is 78.3. The van der Waals surface area contributed by atoms with Gasteiger partial charge in [-0.25, -0.2) is 14.2 Å². The fourth-order valence-corrected chi connectivity index (χ4v) is 5.08. The molecule has 0 bridgehead atoms. The highest BCUT2D eigenvalue weighted by Crippen LogP contribution is 2.35. The van der Waals surface area contributed by atoms with Gasteiger partial charge in [-0.05, 0) is 19.0 Å². The zero-order valence-corrected chi connectivity index (χ0v) is 18.1. The Kier molecular flexibility index (Phi) is 6.64. The predicted molar refractivity (Wildman–Crippen MR) is 105 cm³/mol. The van der Waals surface area contributed by atoms with E-state index in [0.717, 1.165) is 47.3 Å². The first kappa shape index (κ1) is 23.5. The molecule has 1 fully saturated rings. The van der Waals surface area contributed by atoms with Crippen LogP contribution in [0.2, 0.25) is 5.02 Å². The number of hydrogen-bond acceptors (Lipinski definition) is 8. The molecule has 1 N–H and O–H groups in total. The third kappa shape index (κ3) is 4.86. The monoisotopic (exact) mass is 502 g/mol. The average Bonchev–Trinajstić information content (AvgIpc) is 3.39. The van der Waals surface area contributed by atoms with Crippen molar-refractivity contribution in [2.24, 2.45) is 0 Å². The van der Waals surface area contributed by atoms with Crippen molar-refractivity contribution in [2.45, 2.75) is 23.5 Å². The zero-order valence-electron chi connectivity index (χ0n) is 15.7. The van der Waals surface area contributed by atoms with Gasteiger partial charge in [-0.1, -0.05) is 16.1 Å². The van der Waals surface area contributed by atoms with E-state index in [0.29, 0.717) is 6.54 Å². The molecular formula is C16H15ClF4N4O4S2. The minimum absolute atomic E-state index is 0.0152. The van der Waals surface area contributed by atoms with E-state index in [4.69, 9.17) is 11.6 Å². The Hall–Kier alpha value is -2.16. The van der Waals surface area contributed by atoms with Gasteiger partial charge in [0.05, 0.1) is 16.2 Å². The smallest absolute Gasteiger partial charge is 0.369 e. The lowest BCUT2D eigenvalue weighted by Gasteiger charge is -2.27. The Bertz CT molecular complexity index is 1060. The van der Waals surface area contributed by atoms with Crippen LogP contribution in [0, 0.1) is 5.82 Å². The van der Waals surface area contributed by atoms with Gasteiger partial charge in [-0.15, -0.1) is 11.3 Å². The molecular weight excluding hydrogens is 488 g/mol. The number of aromatic nitrogens is 1. The first-order chi connectivity index (χ1) is 14.4. The molecule has 1 aliphatic heterocycles. The maximum Gasteiger partial charge on any atom is 0.493 e. The summed E-state index contributed by atoms with van der Waals surface area (Å²) in [6, 6.07) is 1.60. The number of nitrogens with zero attached hydrogens (tertiary/aromatic N) is 3. The van der Waals surface area contributed by atoms with Crippen LogP contribution in [0.5, 0.6) is 0 Å². The summed E-state index contributed by atoms with van der Waals surface area (Å²) in [4.78, 5) is 19.4. The third-order valence-corrected chi connectivity index (χ3v) is 6.91. The lowest BCUT2D eigenvalue weighted by Crippen LogP contribution is -2.39. The Morgan fingerprint density at radius 1 is 1.39 bits per heavy atom. The fraction of sp³-hybridized carbons (Fsp3) is 0.375. The maximum atomic E-state index is 14.9. The Morgan fingerprint density at radius 2 is 2.10 bits per heavy atom. The molecule has 1 aromatic carbocycles. The van der Waals surface area contributed by atoms with Crippen molar-refractivity contribution in [2.75, 3.05) is 29.5 Å². The first-order valence-corrected chi connectivity index (χ1v) is 11.3. The molecule has 1 aromatic heterocycles. The number of carbonyl (C=O) groups is 1. The van der Waals surface area contributed by atoms with E-state index in [1.807, 2.05) is 0 Å². The van der Waals surface area contributed by atoms with Gasteiger partial charge in [-0.2, -0.15) is 21.6 Å². The number of hydrogen-bond donors (Lipinski definition) is 1. The molecule has 8 nitrogen and oxygen atoms in total. The highest BCUT2D eigenvalue weighted by Gasteiger charge is 2.45. The minimum Gasteiger partial charge on any atom is -0.369 e. The number of nitrogens with one attached hydrogen (secondary N) is 1. The quantitative estimate of drug-likeness (QED) is 0.479. The number of benzene rings is 1. The Morgan fingerprint density at radius 3 is 2.65 bits per heavy atom. The summed E-state index contributed by atoms with van der Waals surface area (Å²) >= 11 is 7.00. The van der Waals surface area contributed by atoms with E-state index in [1.54, 1.807) is 11.9 Å².